The summed E-state index contributed by atoms with van der Waals surface area (Å²) in [6.07, 6.45) is 7.28. The van der Waals surface area contributed by atoms with Crippen LogP contribution in [0.15, 0.2) is 24.3 Å². The molecule has 0 saturated carbocycles. The molecule has 4 atom stereocenters. The monoisotopic (exact) mass is 1150 g/mol. The molecule has 26 nitrogen and oxygen atoms in total. The number of amides is 7. The largest absolute Gasteiger partial charge is 0.481 e. The van der Waals surface area contributed by atoms with Crippen LogP contribution in [0.2, 0.25) is 0 Å². The van der Waals surface area contributed by atoms with Gasteiger partial charge >= 0.3 is 29.8 Å². The van der Waals surface area contributed by atoms with Gasteiger partial charge in [0.15, 0.2) is 0 Å². The van der Waals surface area contributed by atoms with Gasteiger partial charge in [-0.1, -0.05) is 7.43 Å². The van der Waals surface area contributed by atoms with E-state index >= 15 is 0 Å². The number of likely N-dealkylation sites (N-methyl/N-ethyl adjacent to an activating group) is 5. The van der Waals surface area contributed by atoms with Crippen LogP contribution in [0, 0.1) is 0 Å². The third kappa shape index (κ3) is 69.9. The smallest absolute Gasteiger partial charge is 0.328 e. The number of hydrogen-bond acceptors (Lipinski definition) is 17. The van der Waals surface area contributed by atoms with E-state index in [9.17, 15) is 61.4 Å². The number of thiol groups is 1. The molecule has 0 aromatic rings. The van der Waals surface area contributed by atoms with Crippen LogP contribution in [0.25, 0.3) is 0 Å². The van der Waals surface area contributed by atoms with E-state index < -0.39 is 58.3 Å². The van der Waals surface area contributed by atoms with Crippen LogP contribution in [0.5, 0.6) is 0 Å². The summed E-state index contributed by atoms with van der Waals surface area (Å²) in [5, 5.41) is 57.4. The van der Waals surface area contributed by atoms with Gasteiger partial charge in [-0.2, -0.15) is 15.6 Å². The second-order valence-electron chi connectivity index (χ2n) is 10.8. The Morgan fingerprint density at radius 1 is 0.548 bits per heavy atom. The molecular weight excluding hydrogens is 1090 g/mol. The average Bonchev–Trinajstić information content (AvgIpc) is 3.67. The Bertz CT molecular complexity index is 1490. The summed E-state index contributed by atoms with van der Waals surface area (Å²) in [5.74, 6) is -7.01. The third-order valence-corrected chi connectivity index (χ3v) is 8.54. The van der Waals surface area contributed by atoms with E-state index in [0.717, 1.165) is 28.8 Å². The summed E-state index contributed by atoms with van der Waals surface area (Å²) in [6.45, 7) is 0. The van der Waals surface area contributed by atoms with E-state index in [1.165, 1.54) is 73.2 Å². The third-order valence-electron chi connectivity index (χ3n) is 6.65. The number of carbonyl (C=O) groups is 12. The number of carboxylic acid groups (broad SMARTS) is 5. The highest BCUT2D eigenvalue weighted by molar-refractivity contribution is 8.00. The summed E-state index contributed by atoms with van der Waals surface area (Å²) in [4.78, 5) is 126. The van der Waals surface area contributed by atoms with Crippen LogP contribution in [-0.2, 0) is 57.5 Å². The lowest BCUT2D eigenvalue weighted by Gasteiger charge is -2.10. The first-order valence-corrected chi connectivity index (χ1v) is 20.8. The molecule has 38 heteroatoms. The SMILES string of the molecule is C.CN1C(=O)C=CC1=O.CNC(=O)/C=C\C(=O)O.CNC(=O)C(CC(=O)O)NC.CNC(=O)C(CC(=O)O)SC.CNC(=O)CC(NC)C(=O)O.CNC(=O)CC(SC)C(=O)O.FF.FF.FF.FF.FS.O. The number of carbonyl (C=O) groups excluding carboxylic acids is 7. The molecule has 1 aliphatic heterocycles. The molecule has 0 aromatic heterocycles. The Labute approximate surface area is 426 Å². The van der Waals surface area contributed by atoms with Crippen molar-refractivity contribution in [3.05, 3.63) is 24.3 Å². The molecule has 14 N–H and O–H groups in total. The molecule has 0 aromatic carbocycles. The van der Waals surface area contributed by atoms with E-state index in [-0.39, 0.29) is 74.0 Å². The Hall–Kier alpha value is -6.38. The van der Waals surface area contributed by atoms with E-state index in [1.54, 1.807) is 19.6 Å². The second kappa shape index (κ2) is 72.2. The number of imide groups is 1. The maximum absolute atomic E-state index is 10.9. The predicted molar refractivity (Wildman–Crippen MR) is 253 cm³/mol. The van der Waals surface area contributed by atoms with Gasteiger partial charge in [-0.3, -0.25) is 57.6 Å². The zero-order chi connectivity index (χ0) is 58.8. The highest BCUT2D eigenvalue weighted by Gasteiger charge is 2.21. The zero-order valence-electron chi connectivity index (χ0n) is 39.7. The molecule has 0 bridgehead atoms. The minimum Gasteiger partial charge on any atom is -0.481 e. The van der Waals surface area contributed by atoms with Gasteiger partial charge in [-0.25, -0.2) is 4.79 Å². The molecule has 4 unspecified atom stereocenters. The van der Waals surface area contributed by atoms with Gasteiger partial charge in [-0.05, 0) is 26.6 Å². The van der Waals surface area contributed by atoms with Crippen LogP contribution >= 0.6 is 36.5 Å². The standard InChI is InChI=1S/2C6H12N2O3.2C6H11NO3S.C5H7NO3.C5H5NO2.CH4.4F2.FHS.H2O/c1-7-4(3-5(9)10)6(11)8-2;1-7-4(6(10)11)3-5(9)8-2;1-7-6(10)4(11-2)3-5(8)9;1-7-5(8)3-4(11-2)6(9)10;1-6-4(7)2-3-5(8)9;1-6-4(7)2-3-5(6)8;;5*1-2;/h4,7H,3H2,1-2H3,(H,8,11)(H,9,10);4,7H,3H2,1-2H3,(H,8,9)(H,10,11);4H,3H2,1-2H3,(H,7,10)(H,8,9);4H,3H2,1-2H3,(H,7,8)(H,9,10);2-3H,1H3,(H,6,7)(H,8,9);2-3H,1H3;1H4;;;;;2H;1H2/b;;;;3-2-;;;;;;;;. The van der Waals surface area contributed by atoms with Crippen molar-refractivity contribution in [1.29, 1.82) is 0 Å². The Kier molecular flexibility index (Phi) is 95.1. The molecule has 434 valence electrons. The molecule has 1 heterocycles. The molecular formula is C35H65F9N8O18S3. The number of hydrogen-bond donors (Lipinski definition) is 13. The normalized spacial score (nSPS) is 10.9. The number of carboxylic acids is 5. The molecule has 0 radical (unpaired) electrons. The number of thioether (sulfide) groups is 2. The summed E-state index contributed by atoms with van der Waals surface area (Å²) in [6, 6.07) is -1.44. The van der Waals surface area contributed by atoms with Crippen molar-refractivity contribution in [2.45, 2.75) is 55.7 Å². The van der Waals surface area contributed by atoms with E-state index in [0.29, 0.717) is 0 Å². The van der Waals surface area contributed by atoms with Crippen molar-refractivity contribution in [2.75, 3.05) is 68.9 Å². The van der Waals surface area contributed by atoms with Crippen molar-refractivity contribution >= 4 is 108 Å². The fourth-order valence-electron chi connectivity index (χ4n) is 3.12. The van der Waals surface area contributed by atoms with E-state index in [4.69, 9.17) is 62.1 Å². The van der Waals surface area contributed by atoms with Gasteiger partial charge in [0.25, 0.3) is 11.8 Å². The van der Waals surface area contributed by atoms with Crippen molar-refractivity contribution in [3.8, 4) is 0 Å². The van der Waals surface area contributed by atoms with Gasteiger partial charge in [0.2, 0.25) is 29.5 Å². The number of rotatable bonds is 18. The van der Waals surface area contributed by atoms with Crippen LogP contribution in [0.4, 0.5) is 40.5 Å². The average molecular weight is 1150 g/mol. The topological polar surface area (TPSA) is 425 Å². The maximum Gasteiger partial charge on any atom is 0.328 e. The lowest BCUT2D eigenvalue weighted by Crippen LogP contribution is -2.42. The molecule has 0 fully saturated rings. The van der Waals surface area contributed by atoms with E-state index in [2.05, 4.69) is 37.2 Å². The Morgan fingerprint density at radius 3 is 1.12 bits per heavy atom. The fourth-order valence-corrected chi connectivity index (χ4v) is 4.29. The van der Waals surface area contributed by atoms with Gasteiger partial charge in [0.1, 0.15) is 11.3 Å². The van der Waals surface area contributed by atoms with Crippen LogP contribution in [0.3, 0.4) is 0 Å². The highest BCUT2D eigenvalue weighted by Crippen LogP contribution is 2.11. The highest BCUT2D eigenvalue weighted by atomic mass is 32.2. The molecule has 7 amide bonds. The minimum absolute atomic E-state index is 0. The summed E-state index contributed by atoms with van der Waals surface area (Å²) in [5.41, 5.74) is 0. The summed E-state index contributed by atoms with van der Waals surface area (Å²) < 4.78 is 73.2. The number of halogens is 9. The lowest BCUT2D eigenvalue weighted by molar-refractivity contribution is -0.141. The van der Waals surface area contributed by atoms with Gasteiger partial charge < -0.3 is 68.2 Å². The van der Waals surface area contributed by atoms with Gasteiger partial charge in [0, 0.05) is 123 Å². The second-order valence-corrected chi connectivity index (χ2v) is 12.9. The van der Waals surface area contributed by atoms with Crippen molar-refractivity contribution in [2.24, 2.45) is 0 Å². The van der Waals surface area contributed by atoms with Gasteiger partial charge in [-0.15, -0.1) is 11.8 Å². The first-order chi connectivity index (χ1) is 33.3. The Balaban J connectivity index is -0.0000000588. The van der Waals surface area contributed by atoms with Crippen molar-refractivity contribution < 1.29 is 129 Å². The Morgan fingerprint density at radius 2 is 0.904 bits per heavy atom. The first-order valence-electron chi connectivity index (χ1n) is 17.8. The van der Waals surface area contributed by atoms with Gasteiger partial charge in [0.05, 0.1) is 30.6 Å². The number of nitrogens with one attached hydrogen (secondary N) is 7. The molecule has 1 rings (SSSR count). The molecule has 0 spiro atoms. The van der Waals surface area contributed by atoms with Crippen LogP contribution in [-0.4, -0.2) is 199 Å². The van der Waals surface area contributed by atoms with Crippen LogP contribution < -0.4 is 37.2 Å². The summed E-state index contributed by atoms with van der Waals surface area (Å²) >= 11 is 4.43. The van der Waals surface area contributed by atoms with Crippen molar-refractivity contribution in [1.82, 2.24) is 42.1 Å². The fraction of sp³-hybridized carbons (Fsp3) is 0.543. The first kappa shape index (κ1) is 96.2. The number of aliphatic carboxylic acids is 5. The van der Waals surface area contributed by atoms with Crippen LogP contribution in [0.1, 0.15) is 33.1 Å². The minimum atomic E-state index is -1.13. The zero-order valence-corrected chi connectivity index (χ0v) is 42.2. The molecule has 1 aliphatic rings. The maximum atomic E-state index is 10.9. The molecule has 73 heavy (non-hydrogen) atoms. The molecule has 0 aliphatic carbocycles. The predicted octanol–water partition coefficient (Wildman–Crippen LogP) is 0.356. The molecule has 0 saturated heterocycles. The number of nitrogens with zero attached hydrogens (tertiary/aromatic N) is 1. The van der Waals surface area contributed by atoms with Crippen molar-refractivity contribution in [3.63, 3.8) is 0 Å². The quantitative estimate of drug-likeness (QED) is 0.0381. The summed E-state index contributed by atoms with van der Waals surface area (Å²) in [7, 11) is 11.8. The lowest BCUT2D eigenvalue weighted by atomic mass is 10.2. The van der Waals surface area contributed by atoms with E-state index in [1.807, 2.05) is 13.0 Å².